The van der Waals surface area contributed by atoms with Crippen LogP contribution in [0.1, 0.15) is 49.6 Å². The average molecular weight is 464 g/mol. The molecule has 0 saturated carbocycles. The van der Waals surface area contributed by atoms with Gasteiger partial charge in [-0.15, -0.1) is 11.3 Å². The summed E-state index contributed by atoms with van der Waals surface area (Å²) < 4.78 is 0. The highest BCUT2D eigenvalue weighted by Crippen LogP contribution is 2.30. The largest absolute Gasteiger partial charge is 0.350 e. The SMILES string of the molecule is Cc1ncsc1-c1ccc(CNC(=O)C2CCCN2C(=O)C(c2cccnn2)C(C)C)cc1. The fraction of sp³-hybridized carbons (Fsp3) is 0.400. The molecule has 3 aromatic rings. The normalized spacial score (nSPS) is 16.7. The summed E-state index contributed by atoms with van der Waals surface area (Å²) in [5, 5.41) is 11.1. The molecule has 1 N–H and O–H groups in total. The lowest BCUT2D eigenvalue weighted by Crippen LogP contribution is -2.48. The van der Waals surface area contributed by atoms with Crippen LogP contribution >= 0.6 is 11.3 Å². The number of hydrogen-bond donors (Lipinski definition) is 1. The van der Waals surface area contributed by atoms with Crippen molar-refractivity contribution < 1.29 is 9.59 Å². The Kier molecular flexibility index (Phi) is 7.13. The lowest BCUT2D eigenvalue weighted by Gasteiger charge is -2.29. The van der Waals surface area contributed by atoms with Crippen LogP contribution in [-0.2, 0) is 16.1 Å². The Balaban J connectivity index is 1.40. The molecule has 0 aliphatic carbocycles. The van der Waals surface area contributed by atoms with E-state index in [0.29, 0.717) is 25.2 Å². The molecule has 2 unspecified atom stereocenters. The van der Waals surface area contributed by atoms with Crippen LogP contribution in [0.5, 0.6) is 0 Å². The van der Waals surface area contributed by atoms with Gasteiger partial charge in [0, 0.05) is 19.3 Å². The van der Waals surface area contributed by atoms with Gasteiger partial charge in [0.2, 0.25) is 11.8 Å². The van der Waals surface area contributed by atoms with Crippen molar-refractivity contribution in [3.05, 3.63) is 65.1 Å². The Bertz CT molecular complexity index is 1100. The number of nitrogens with zero attached hydrogens (tertiary/aromatic N) is 4. The molecule has 2 aromatic heterocycles. The van der Waals surface area contributed by atoms with E-state index in [2.05, 4.69) is 32.6 Å². The number of likely N-dealkylation sites (tertiary alicyclic amines) is 1. The number of carbonyl (C=O) groups is 2. The molecule has 2 atom stereocenters. The first-order valence-corrected chi connectivity index (χ1v) is 12.2. The first-order valence-electron chi connectivity index (χ1n) is 11.3. The molecule has 1 saturated heterocycles. The van der Waals surface area contributed by atoms with Crippen molar-refractivity contribution in [3.63, 3.8) is 0 Å². The van der Waals surface area contributed by atoms with E-state index >= 15 is 0 Å². The average Bonchev–Trinajstić information content (AvgIpc) is 3.48. The van der Waals surface area contributed by atoms with Crippen LogP contribution in [0.15, 0.2) is 48.1 Å². The zero-order chi connectivity index (χ0) is 23.4. The third-order valence-electron chi connectivity index (χ3n) is 6.11. The number of carbonyl (C=O) groups excluding carboxylic acids is 2. The van der Waals surface area contributed by atoms with Gasteiger partial charge in [-0.25, -0.2) is 4.98 Å². The van der Waals surface area contributed by atoms with Gasteiger partial charge in [-0.3, -0.25) is 9.59 Å². The van der Waals surface area contributed by atoms with E-state index in [4.69, 9.17) is 0 Å². The topological polar surface area (TPSA) is 88.1 Å². The fourth-order valence-electron chi connectivity index (χ4n) is 4.37. The Morgan fingerprint density at radius 2 is 2.00 bits per heavy atom. The monoisotopic (exact) mass is 463 g/mol. The minimum absolute atomic E-state index is 0.0487. The van der Waals surface area contributed by atoms with E-state index in [9.17, 15) is 9.59 Å². The Labute approximate surface area is 198 Å². The highest BCUT2D eigenvalue weighted by Gasteiger charge is 2.39. The third kappa shape index (κ3) is 5.11. The summed E-state index contributed by atoms with van der Waals surface area (Å²) in [5.74, 6) is -0.508. The minimum Gasteiger partial charge on any atom is -0.350 e. The summed E-state index contributed by atoms with van der Waals surface area (Å²) in [6, 6.07) is 11.3. The second-order valence-corrected chi connectivity index (χ2v) is 9.60. The van der Waals surface area contributed by atoms with Gasteiger partial charge in [0.25, 0.3) is 0 Å². The van der Waals surface area contributed by atoms with Gasteiger partial charge >= 0.3 is 0 Å². The van der Waals surface area contributed by atoms with Crippen molar-refractivity contribution in [3.8, 4) is 10.4 Å². The van der Waals surface area contributed by atoms with E-state index in [1.54, 1.807) is 28.5 Å². The van der Waals surface area contributed by atoms with Gasteiger partial charge in [-0.05, 0) is 48.9 Å². The molecule has 4 rings (SSSR count). The second kappa shape index (κ2) is 10.2. The number of hydrogen-bond acceptors (Lipinski definition) is 6. The molecule has 3 heterocycles. The van der Waals surface area contributed by atoms with Gasteiger partial charge in [-0.1, -0.05) is 38.1 Å². The summed E-state index contributed by atoms with van der Waals surface area (Å²) in [4.78, 5) is 33.6. The predicted molar refractivity (Wildman–Crippen MR) is 128 cm³/mol. The molecule has 8 heteroatoms. The van der Waals surface area contributed by atoms with Gasteiger partial charge in [0.05, 0.1) is 27.7 Å². The summed E-state index contributed by atoms with van der Waals surface area (Å²) in [6.07, 6.45) is 3.09. The van der Waals surface area contributed by atoms with Crippen LogP contribution in [0.2, 0.25) is 0 Å². The first kappa shape index (κ1) is 23.0. The highest BCUT2D eigenvalue weighted by molar-refractivity contribution is 7.13. The van der Waals surface area contributed by atoms with Crippen molar-refractivity contribution in [2.75, 3.05) is 6.54 Å². The molecular formula is C25H29N5O2S. The van der Waals surface area contributed by atoms with Crippen molar-refractivity contribution in [1.29, 1.82) is 0 Å². The maximum atomic E-state index is 13.4. The van der Waals surface area contributed by atoms with Crippen LogP contribution < -0.4 is 5.32 Å². The number of thiazole rings is 1. The Morgan fingerprint density at radius 1 is 1.21 bits per heavy atom. The highest BCUT2D eigenvalue weighted by atomic mass is 32.1. The van der Waals surface area contributed by atoms with E-state index in [1.165, 1.54) is 0 Å². The molecule has 33 heavy (non-hydrogen) atoms. The summed E-state index contributed by atoms with van der Waals surface area (Å²) in [6.45, 7) is 7.02. The zero-order valence-corrected chi connectivity index (χ0v) is 20.0. The molecular weight excluding hydrogens is 434 g/mol. The van der Waals surface area contributed by atoms with E-state index in [-0.39, 0.29) is 17.7 Å². The zero-order valence-electron chi connectivity index (χ0n) is 19.2. The van der Waals surface area contributed by atoms with E-state index in [1.807, 2.05) is 44.5 Å². The number of rotatable bonds is 7. The van der Waals surface area contributed by atoms with Crippen LogP contribution in [0.3, 0.4) is 0 Å². The van der Waals surface area contributed by atoms with Crippen molar-refractivity contribution >= 4 is 23.2 Å². The molecule has 0 spiro atoms. The van der Waals surface area contributed by atoms with Crippen LogP contribution in [0, 0.1) is 12.8 Å². The summed E-state index contributed by atoms with van der Waals surface area (Å²) in [7, 11) is 0. The third-order valence-corrected chi connectivity index (χ3v) is 7.09. The van der Waals surface area contributed by atoms with Crippen molar-refractivity contribution in [2.24, 2.45) is 5.92 Å². The van der Waals surface area contributed by atoms with Crippen LogP contribution in [0.25, 0.3) is 10.4 Å². The predicted octanol–water partition coefficient (Wildman–Crippen LogP) is 3.96. The van der Waals surface area contributed by atoms with Crippen LogP contribution in [0.4, 0.5) is 0 Å². The van der Waals surface area contributed by atoms with Crippen LogP contribution in [-0.4, -0.2) is 44.5 Å². The Hall–Kier alpha value is -3.13. The van der Waals surface area contributed by atoms with Gasteiger partial charge in [0.15, 0.2) is 0 Å². The van der Waals surface area contributed by atoms with E-state index in [0.717, 1.165) is 28.1 Å². The van der Waals surface area contributed by atoms with Crippen molar-refractivity contribution in [2.45, 2.75) is 52.1 Å². The van der Waals surface area contributed by atoms with Gasteiger partial charge in [0.1, 0.15) is 6.04 Å². The second-order valence-electron chi connectivity index (χ2n) is 8.74. The quantitative estimate of drug-likeness (QED) is 0.573. The fourth-order valence-corrected chi connectivity index (χ4v) is 5.19. The maximum absolute atomic E-state index is 13.4. The summed E-state index contributed by atoms with van der Waals surface area (Å²) >= 11 is 1.62. The number of benzene rings is 1. The molecule has 2 amide bonds. The molecule has 172 valence electrons. The molecule has 1 aliphatic heterocycles. The summed E-state index contributed by atoms with van der Waals surface area (Å²) in [5.41, 5.74) is 5.67. The molecule has 1 aromatic carbocycles. The van der Waals surface area contributed by atoms with Crippen molar-refractivity contribution in [1.82, 2.24) is 25.4 Å². The smallest absolute Gasteiger partial charge is 0.243 e. The standard InChI is InChI=1S/C25H29N5O2S/c1-16(2)22(20-6-4-12-28-29-20)25(32)30-13-5-7-21(30)24(31)26-14-18-8-10-19(11-9-18)23-17(3)27-15-33-23/h4,6,8-12,15-16,21-22H,5,7,13-14H2,1-3H3,(H,26,31). The molecule has 1 aliphatic rings. The molecule has 7 nitrogen and oxygen atoms in total. The number of aryl methyl sites for hydroxylation is 1. The lowest BCUT2D eigenvalue weighted by atomic mass is 9.90. The van der Waals surface area contributed by atoms with E-state index < -0.39 is 12.0 Å². The molecule has 0 bridgehead atoms. The molecule has 1 fully saturated rings. The Morgan fingerprint density at radius 3 is 2.64 bits per heavy atom. The number of amides is 2. The van der Waals surface area contributed by atoms with Gasteiger partial charge < -0.3 is 10.2 Å². The molecule has 0 radical (unpaired) electrons. The first-order chi connectivity index (χ1) is 16.0. The number of aromatic nitrogens is 3. The maximum Gasteiger partial charge on any atom is 0.243 e. The van der Waals surface area contributed by atoms with Gasteiger partial charge in [-0.2, -0.15) is 10.2 Å². The lowest BCUT2D eigenvalue weighted by molar-refractivity contribution is -0.140. The number of nitrogens with one attached hydrogen (secondary N) is 1. The minimum atomic E-state index is -0.450.